The van der Waals surface area contributed by atoms with Gasteiger partial charge in [0.2, 0.25) is 0 Å². The van der Waals surface area contributed by atoms with E-state index in [-0.39, 0.29) is 6.04 Å². The first-order valence-corrected chi connectivity index (χ1v) is 7.36. The first-order chi connectivity index (χ1) is 9.74. The number of fused-ring (bicyclic) bond motifs is 1. The van der Waals surface area contributed by atoms with Crippen LogP contribution in [0.15, 0.2) is 42.5 Å². The van der Waals surface area contributed by atoms with Gasteiger partial charge in [0.15, 0.2) is 0 Å². The summed E-state index contributed by atoms with van der Waals surface area (Å²) in [5, 5.41) is 4.35. The maximum Gasteiger partial charge on any atom is 0.127 e. The summed E-state index contributed by atoms with van der Waals surface area (Å²) in [5.74, 6) is 1.04. The van der Waals surface area contributed by atoms with Gasteiger partial charge in [-0.15, -0.1) is 0 Å². The molecule has 20 heavy (non-hydrogen) atoms. The SMILES string of the molecule is Cc1cccc2c1OCCCC2Nc1ccc(Cl)cc1. The van der Waals surface area contributed by atoms with Crippen LogP contribution in [0.1, 0.15) is 30.0 Å². The molecule has 0 bridgehead atoms. The second-order valence-electron chi connectivity index (χ2n) is 5.19. The van der Waals surface area contributed by atoms with Gasteiger partial charge in [-0.3, -0.25) is 0 Å². The molecular weight excluding hydrogens is 270 g/mol. The Balaban J connectivity index is 1.90. The zero-order valence-corrected chi connectivity index (χ0v) is 12.3. The van der Waals surface area contributed by atoms with Gasteiger partial charge in [-0.05, 0) is 49.6 Å². The van der Waals surface area contributed by atoms with Crippen LogP contribution in [0, 0.1) is 6.92 Å². The molecule has 0 saturated heterocycles. The molecule has 3 rings (SSSR count). The van der Waals surface area contributed by atoms with E-state index in [2.05, 4.69) is 30.4 Å². The van der Waals surface area contributed by atoms with Crippen molar-refractivity contribution in [2.45, 2.75) is 25.8 Å². The monoisotopic (exact) mass is 287 g/mol. The quantitative estimate of drug-likeness (QED) is 0.841. The Morgan fingerprint density at radius 2 is 1.95 bits per heavy atom. The van der Waals surface area contributed by atoms with Crippen molar-refractivity contribution in [2.24, 2.45) is 0 Å². The summed E-state index contributed by atoms with van der Waals surface area (Å²) in [6, 6.07) is 14.5. The number of aryl methyl sites for hydroxylation is 1. The molecule has 1 unspecified atom stereocenters. The standard InChI is InChI=1S/C17H18ClNO/c1-12-4-2-5-15-16(6-3-11-20-17(12)15)19-14-9-7-13(18)8-10-14/h2,4-5,7-10,16,19H,3,6,11H2,1H3. The van der Waals surface area contributed by atoms with E-state index in [9.17, 15) is 0 Å². The third-order valence-electron chi connectivity index (χ3n) is 3.69. The molecule has 104 valence electrons. The number of ether oxygens (including phenoxy) is 1. The van der Waals surface area contributed by atoms with Crippen LogP contribution in [0.2, 0.25) is 5.02 Å². The van der Waals surface area contributed by atoms with E-state index < -0.39 is 0 Å². The van der Waals surface area contributed by atoms with Gasteiger partial charge in [-0.2, -0.15) is 0 Å². The fourth-order valence-corrected chi connectivity index (χ4v) is 2.79. The van der Waals surface area contributed by atoms with Crippen LogP contribution in [-0.4, -0.2) is 6.61 Å². The van der Waals surface area contributed by atoms with Crippen molar-refractivity contribution in [1.82, 2.24) is 0 Å². The summed E-state index contributed by atoms with van der Waals surface area (Å²) in [4.78, 5) is 0. The van der Waals surface area contributed by atoms with Gasteiger partial charge < -0.3 is 10.1 Å². The molecule has 1 aliphatic rings. The number of anilines is 1. The highest BCUT2D eigenvalue weighted by atomic mass is 35.5. The zero-order chi connectivity index (χ0) is 13.9. The molecule has 1 heterocycles. The molecule has 2 aromatic rings. The molecule has 0 aliphatic carbocycles. The van der Waals surface area contributed by atoms with Crippen molar-refractivity contribution in [3.8, 4) is 5.75 Å². The van der Waals surface area contributed by atoms with Crippen LogP contribution in [0.5, 0.6) is 5.75 Å². The van der Waals surface area contributed by atoms with Crippen molar-refractivity contribution in [3.05, 3.63) is 58.6 Å². The minimum Gasteiger partial charge on any atom is -0.493 e. The predicted molar refractivity (Wildman–Crippen MR) is 83.7 cm³/mol. The van der Waals surface area contributed by atoms with Crippen LogP contribution >= 0.6 is 11.6 Å². The van der Waals surface area contributed by atoms with Gasteiger partial charge in [-0.1, -0.05) is 29.8 Å². The lowest BCUT2D eigenvalue weighted by atomic mass is 9.99. The van der Waals surface area contributed by atoms with Gasteiger partial charge >= 0.3 is 0 Å². The Morgan fingerprint density at radius 3 is 2.75 bits per heavy atom. The molecule has 0 amide bonds. The first-order valence-electron chi connectivity index (χ1n) is 6.98. The van der Waals surface area contributed by atoms with Crippen LogP contribution in [-0.2, 0) is 0 Å². The average molecular weight is 288 g/mol. The molecule has 3 heteroatoms. The lowest BCUT2D eigenvalue weighted by molar-refractivity contribution is 0.314. The predicted octanol–water partition coefficient (Wildman–Crippen LogP) is 4.97. The Hall–Kier alpha value is -1.67. The molecule has 0 saturated carbocycles. The number of para-hydroxylation sites is 1. The van der Waals surface area contributed by atoms with Crippen LogP contribution in [0.4, 0.5) is 5.69 Å². The lowest BCUT2D eigenvalue weighted by Gasteiger charge is -2.20. The Bertz CT molecular complexity index is 594. The van der Waals surface area contributed by atoms with Gasteiger partial charge in [0, 0.05) is 16.3 Å². The van der Waals surface area contributed by atoms with Crippen LogP contribution in [0.3, 0.4) is 0 Å². The second kappa shape index (κ2) is 5.76. The highest BCUT2D eigenvalue weighted by molar-refractivity contribution is 6.30. The lowest BCUT2D eigenvalue weighted by Crippen LogP contribution is -2.10. The zero-order valence-electron chi connectivity index (χ0n) is 11.5. The van der Waals surface area contributed by atoms with Crippen molar-refractivity contribution < 1.29 is 4.74 Å². The van der Waals surface area contributed by atoms with Crippen molar-refractivity contribution in [1.29, 1.82) is 0 Å². The van der Waals surface area contributed by atoms with Crippen molar-refractivity contribution in [3.63, 3.8) is 0 Å². The number of hydrogen-bond donors (Lipinski definition) is 1. The number of benzene rings is 2. The summed E-state index contributed by atoms with van der Waals surface area (Å²) >= 11 is 5.93. The van der Waals surface area contributed by atoms with Crippen molar-refractivity contribution >= 4 is 17.3 Å². The first kappa shape index (κ1) is 13.3. The summed E-state index contributed by atoms with van der Waals surface area (Å²) in [7, 11) is 0. The number of hydrogen-bond acceptors (Lipinski definition) is 2. The van der Waals surface area contributed by atoms with Gasteiger partial charge in [0.25, 0.3) is 0 Å². The highest BCUT2D eigenvalue weighted by Crippen LogP contribution is 2.36. The Kier molecular flexibility index (Phi) is 3.83. The molecular formula is C17H18ClNO. The van der Waals surface area contributed by atoms with Gasteiger partial charge in [-0.25, -0.2) is 0 Å². The second-order valence-corrected chi connectivity index (χ2v) is 5.62. The maximum atomic E-state index is 5.93. The van der Waals surface area contributed by atoms with E-state index in [0.717, 1.165) is 35.9 Å². The number of nitrogens with one attached hydrogen (secondary N) is 1. The van der Waals surface area contributed by atoms with Crippen molar-refractivity contribution in [2.75, 3.05) is 11.9 Å². The normalized spacial score (nSPS) is 17.8. The minimum absolute atomic E-state index is 0.286. The highest BCUT2D eigenvalue weighted by Gasteiger charge is 2.20. The summed E-state index contributed by atoms with van der Waals surface area (Å²) in [6.45, 7) is 2.89. The third-order valence-corrected chi connectivity index (χ3v) is 3.94. The topological polar surface area (TPSA) is 21.3 Å². The molecule has 2 aromatic carbocycles. The Labute approximate surface area is 124 Å². The molecule has 0 radical (unpaired) electrons. The fraction of sp³-hybridized carbons (Fsp3) is 0.294. The largest absolute Gasteiger partial charge is 0.493 e. The molecule has 2 nitrogen and oxygen atoms in total. The van der Waals surface area contributed by atoms with E-state index in [1.807, 2.05) is 24.3 Å². The molecule has 0 fully saturated rings. The van der Waals surface area contributed by atoms with Crippen LogP contribution < -0.4 is 10.1 Å². The number of rotatable bonds is 2. The summed E-state index contributed by atoms with van der Waals surface area (Å²) in [6.07, 6.45) is 2.12. The maximum absolute atomic E-state index is 5.93. The number of halogens is 1. The Morgan fingerprint density at radius 1 is 1.15 bits per heavy atom. The van der Waals surface area contributed by atoms with Gasteiger partial charge in [0.05, 0.1) is 12.6 Å². The summed E-state index contributed by atoms with van der Waals surface area (Å²) in [5.41, 5.74) is 3.54. The molecule has 1 atom stereocenters. The fourth-order valence-electron chi connectivity index (χ4n) is 2.66. The smallest absolute Gasteiger partial charge is 0.127 e. The van der Waals surface area contributed by atoms with E-state index in [1.54, 1.807) is 0 Å². The molecule has 1 N–H and O–H groups in total. The average Bonchev–Trinajstić information content (AvgIpc) is 2.65. The molecule has 1 aliphatic heterocycles. The van der Waals surface area contributed by atoms with E-state index in [4.69, 9.17) is 16.3 Å². The van der Waals surface area contributed by atoms with E-state index >= 15 is 0 Å². The van der Waals surface area contributed by atoms with E-state index in [1.165, 1.54) is 11.1 Å². The third kappa shape index (κ3) is 2.75. The van der Waals surface area contributed by atoms with Crippen LogP contribution in [0.25, 0.3) is 0 Å². The molecule has 0 spiro atoms. The minimum atomic E-state index is 0.286. The summed E-state index contributed by atoms with van der Waals surface area (Å²) < 4.78 is 5.91. The van der Waals surface area contributed by atoms with Gasteiger partial charge in [0.1, 0.15) is 5.75 Å². The van der Waals surface area contributed by atoms with E-state index in [0.29, 0.717) is 0 Å². The molecule has 0 aromatic heterocycles.